The molecule has 0 aromatic carbocycles. The van der Waals surface area contributed by atoms with Crippen molar-refractivity contribution in [3.05, 3.63) is 0 Å². The summed E-state index contributed by atoms with van der Waals surface area (Å²) in [6, 6.07) is 0. The minimum Gasteiger partial charge on any atom is -0.270 e. The molecule has 23 heavy (non-hydrogen) atoms. The summed E-state index contributed by atoms with van der Waals surface area (Å²) in [6.07, 6.45) is 8.65. The smallest absolute Gasteiger partial charge is 0.267 e. The highest BCUT2D eigenvalue weighted by molar-refractivity contribution is 8.13. The van der Waals surface area contributed by atoms with Crippen LogP contribution >= 0.6 is 10.7 Å². The fourth-order valence-corrected chi connectivity index (χ4v) is 6.68. The monoisotopic (exact) mass is 386 g/mol. The zero-order chi connectivity index (χ0) is 16.9. The molecule has 136 valence electrons. The molecule has 2 fully saturated rings. The van der Waals surface area contributed by atoms with E-state index in [-0.39, 0.29) is 35.9 Å². The van der Waals surface area contributed by atoms with E-state index in [2.05, 4.69) is 0 Å². The number of hydrogen-bond acceptors (Lipinski definition) is 5. The molecule has 2 atom stereocenters. The summed E-state index contributed by atoms with van der Waals surface area (Å²) >= 11 is 0. The quantitative estimate of drug-likeness (QED) is 0.495. The van der Waals surface area contributed by atoms with E-state index in [9.17, 15) is 16.8 Å². The van der Waals surface area contributed by atoms with Gasteiger partial charge in [-0.15, -0.1) is 0 Å². The molecule has 8 heteroatoms. The van der Waals surface area contributed by atoms with Crippen LogP contribution in [0.15, 0.2) is 0 Å². The van der Waals surface area contributed by atoms with E-state index in [0.717, 1.165) is 44.9 Å². The Labute approximate surface area is 144 Å². The van der Waals surface area contributed by atoms with E-state index in [1.807, 2.05) is 0 Å². The van der Waals surface area contributed by atoms with Crippen LogP contribution in [0.3, 0.4) is 0 Å². The number of halogens is 1. The highest BCUT2D eigenvalue weighted by Crippen LogP contribution is 2.31. The van der Waals surface area contributed by atoms with Gasteiger partial charge in [0.25, 0.3) is 10.1 Å². The molecule has 0 N–H and O–H groups in total. The van der Waals surface area contributed by atoms with Gasteiger partial charge in [-0.25, -0.2) is 8.42 Å². The third-order valence-corrected chi connectivity index (χ3v) is 7.60. The van der Waals surface area contributed by atoms with Crippen LogP contribution in [0.4, 0.5) is 0 Å². The van der Waals surface area contributed by atoms with Crippen LogP contribution in [0.1, 0.15) is 57.8 Å². The van der Waals surface area contributed by atoms with Gasteiger partial charge in [0.1, 0.15) is 0 Å². The number of rotatable bonds is 7. The van der Waals surface area contributed by atoms with Crippen molar-refractivity contribution < 1.29 is 21.0 Å². The summed E-state index contributed by atoms with van der Waals surface area (Å²) in [7, 11) is -1.66. The van der Waals surface area contributed by atoms with Gasteiger partial charge in [0.15, 0.2) is 0 Å². The van der Waals surface area contributed by atoms with Crippen LogP contribution < -0.4 is 0 Å². The van der Waals surface area contributed by atoms with Gasteiger partial charge in [-0.2, -0.15) is 8.42 Å². The van der Waals surface area contributed by atoms with Crippen molar-refractivity contribution in [3.8, 4) is 0 Å². The van der Waals surface area contributed by atoms with Crippen LogP contribution in [0, 0.1) is 17.8 Å². The molecule has 0 aromatic rings. The molecule has 0 radical (unpaired) electrons. The van der Waals surface area contributed by atoms with Crippen molar-refractivity contribution in [3.63, 3.8) is 0 Å². The lowest BCUT2D eigenvalue weighted by Gasteiger charge is -2.28. The Kier molecular flexibility index (Phi) is 7.19. The van der Waals surface area contributed by atoms with Crippen molar-refractivity contribution in [1.29, 1.82) is 0 Å². The first-order valence-electron chi connectivity index (χ1n) is 8.53. The Balaban J connectivity index is 1.77. The van der Waals surface area contributed by atoms with Crippen molar-refractivity contribution in [2.45, 2.75) is 57.8 Å². The Morgan fingerprint density at radius 1 is 0.783 bits per heavy atom. The van der Waals surface area contributed by atoms with Gasteiger partial charge in [0, 0.05) is 10.7 Å². The molecule has 0 heterocycles. The molecule has 0 aliphatic heterocycles. The molecular weight excluding hydrogens is 360 g/mol. The lowest BCUT2D eigenvalue weighted by Crippen LogP contribution is -2.27. The Morgan fingerprint density at radius 2 is 1.39 bits per heavy atom. The first-order chi connectivity index (χ1) is 10.7. The van der Waals surface area contributed by atoms with Crippen LogP contribution in [0.2, 0.25) is 0 Å². The number of hydrogen-bond donors (Lipinski definition) is 0. The Bertz CT molecular complexity index is 567. The lowest BCUT2D eigenvalue weighted by molar-refractivity contribution is 0.186. The Morgan fingerprint density at radius 3 is 2.04 bits per heavy atom. The van der Waals surface area contributed by atoms with Gasteiger partial charge < -0.3 is 0 Å². The molecular formula is C15H27ClO5S2. The SMILES string of the molecule is O=S(=O)(Cl)CC1CCCC(COS(=O)(=O)CC2CCCCC2)C1. The molecule has 0 spiro atoms. The predicted octanol–water partition coefficient (Wildman–Crippen LogP) is 3.29. The summed E-state index contributed by atoms with van der Waals surface area (Å²) in [5, 5.41) is 0. The van der Waals surface area contributed by atoms with E-state index in [0.29, 0.717) is 6.42 Å². The molecule has 5 nitrogen and oxygen atoms in total. The van der Waals surface area contributed by atoms with Crippen LogP contribution in [-0.4, -0.2) is 34.9 Å². The molecule has 0 aromatic heterocycles. The Hall–Kier alpha value is 0.150. The van der Waals surface area contributed by atoms with Crippen LogP contribution in [0.5, 0.6) is 0 Å². The maximum atomic E-state index is 12.1. The predicted molar refractivity (Wildman–Crippen MR) is 91.4 cm³/mol. The van der Waals surface area contributed by atoms with E-state index >= 15 is 0 Å². The summed E-state index contributed by atoms with van der Waals surface area (Å²) in [6.45, 7) is 0.174. The van der Waals surface area contributed by atoms with Gasteiger partial charge in [-0.1, -0.05) is 25.7 Å². The summed E-state index contributed by atoms with van der Waals surface area (Å²) in [5.74, 6) is 0.447. The first kappa shape index (κ1) is 19.5. The molecule has 0 amide bonds. The average Bonchev–Trinajstić information content (AvgIpc) is 2.44. The second-order valence-electron chi connectivity index (χ2n) is 7.12. The first-order valence-corrected chi connectivity index (χ1v) is 12.6. The average molecular weight is 387 g/mol. The van der Waals surface area contributed by atoms with E-state index < -0.39 is 19.2 Å². The third kappa shape index (κ3) is 7.71. The molecule has 2 aliphatic carbocycles. The summed E-state index contributed by atoms with van der Waals surface area (Å²) in [4.78, 5) is 0. The largest absolute Gasteiger partial charge is 0.270 e. The van der Waals surface area contributed by atoms with E-state index in [1.165, 1.54) is 6.42 Å². The maximum Gasteiger partial charge on any atom is 0.267 e. The molecule has 2 aliphatic rings. The van der Waals surface area contributed by atoms with Gasteiger partial charge in [0.2, 0.25) is 9.05 Å². The van der Waals surface area contributed by atoms with Crippen molar-refractivity contribution in [2.75, 3.05) is 18.1 Å². The zero-order valence-electron chi connectivity index (χ0n) is 13.5. The molecule has 2 saturated carbocycles. The summed E-state index contributed by atoms with van der Waals surface area (Å²) in [5.41, 5.74) is 0. The normalized spacial score (nSPS) is 27.9. The van der Waals surface area contributed by atoms with Gasteiger partial charge in [-0.3, -0.25) is 4.18 Å². The maximum absolute atomic E-state index is 12.1. The fraction of sp³-hybridized carbons (Fsp3) is 1.00. The highest BCUT2D eigenvalue weighted by atomic mass is 35.7. The van der Waals surface area contributed by atoms with Crippen LogP contribution in [0.25, 0.3) is 0 Å². The fourth-order valence-electron chi connectivity index (χ4n) is 3.88. The minimum atomic E-state index is -3.50. The van der Waals surface area contributed by atoms with Gasteiger partial charge in [-0.05, 0) is 49.9 Å². The molecule has 2 rings (SSSR count). The van der Waals surface area contributed by atoms with E-state index in [1.54, 1.807) is 0 Å². The van der Waals surface area contributed by atoms with Crippen molar-refractivity contribution in [2.24, 2.45) is 17.8 Å². The van der Waals surface area contributed by atoms with Gasteiger partial charge in [0.05, 0.1) is 18.1 Å². The summed E-state index contributed by atoms with van der Waals surface area (Å²) < 4.78 is 51.8. The topological polar surface area (TPSA) is 77.5 Å². The zero-order valence-corrected chi connectivity index (χ0v) is 15.8. The third-order valence-electron chi connectivity index (χ3n) is 4.97. The minimum absolute atomic E-state index is 0.0147. The second kappa shape index (κ2) is 8.50. The van der Waals surface area contributed by atoms with Crippen molar-refractivity contribution in [1.82, 2.24) is 0 Å². The van der Waals surface area contributed by atoms with Crippen molar-refractivity contribution >= 4 is 29.9 Å². The van der Waals surface area contributed by atoms with Gasteiger partial charge >= 0.3 is 0 Å². The second-order valence-corrected chi connectivity index (χ2v) is 11.6. The molecule has 2 unspecified atom stereocenters. The standard InChI is InChI=1S/C15H27ClO5S2/c16-22(17,18)11-15-8-4-7-14(9-15)10-21-23(19,20)12-13-5-2-1-3-6-13/h13-15H,1-12H2. The molecule has 0 bridgehead atoms. The van der Waals surface area contributed by atoms with E-state index in [4.69, 9.17) is 14.9 Å². The molecule has 0 saturated heterocycles. The highest BCUT2D eigenvalue weighted by Gasteiger charge is 2.28. The lowest BCUT2D eigenvalue weighted by atomic mass is 9.83. The van der Waals surface area contributed by atoms with Crippen LogP contribution in [-0.2, 0) is 23.4 Å².